The average molecular weight is 393 g/mol. The van der Waals surface area contributed by atoms with Crippen molar-refractivity contribution in [3.8, 4) is 22.9 Å². The van der Waals surface area contributed by atoms with E-state index in [0.29, 0.717) is 24.6 Å². The van der Waals surface area contributed by atoms with Crippen molar-refractivity contribution in [3.63, 3.8) is 0 Å². The molecule has 0 radical (unpaired) electrons. The fourth-order valence-electron chi connectivity index (χ4n) is 3.27. The number of benzene rings is 2. The van der Waals surface area contributed by atoms with Gasteiger partial charge in [-0.05, 0) is 37.3 Å². The average Bonchev–Trinajstić information content (AvgIpc) is 3.51. The van der Waals surface area contributed by atoms with Gasteiger partial charge in [0.1, 0.15) is 0 Å². The van der Waals surface area contributed by atoms with Crippen LogP contribution >= 0.6 is 0 Å². The van der Waals surface area contributed by atoms with Crippen LogP contribution in [-0.2, 0) is 18.3 Å². The van der Waals surface area contributed by atoms with Gasteiger partial charge in [0.15, 0.2) is 11.6 Å². The molecular weight excluding hydrogens is 369 g/mol. The van der Waals surface area contributed by atoms with E-state index in [1.54, 1.807) is 29.9 Å². The number of rotatable bonds is 8. The maximum absolute atomic E-state index is 14.1. The number of halogens is 1. The third-order valence-electron chi connectivity index (χ3n) is 5.07. The van der Waals surface area contributed by atoms with Crippen molar-refractivity contribution in [1.82, 2.24) is 15.1 Å². The number of aryl methyl sites for hydroxylation is 1. The molecule has 1 aliphatic rings. The second kappa shape index (κ2) is 8.47. The lowest BCUT2D eigenvalue weighted by Gasteiger charge is -2.10. The van der Waals surface area contributed by atoms with Gasteiger partial charge in [-0.25, -0.2) is 9.07 Å². The Morgan fingerprint density at radius 2 is 1.90 bits per heavy atom. The molecule has 1 fully saturated rings. The number of hydrogen-bond donors (Lipinski definition) is 1. The summed E-state index contributed by atoms with van der Waals surface area (Å²) in [5, 5.41) is 7.60. The molecule has 150 valence electrons. The van der Waals surface area contributed by atoms with Gasteiger partial charge in [-0.15, -0.1) is 0 Å². The van der Waals surface area contributed by atoms with E-state index in [1.165, 1.54) is 18.9 Å². The highest BCUT2D eigenvalue weighted by atomic mass is 19.1. The standard InChI is InChI=1S/C23H24FN3O2/c1-27-23(29-20-10-6-5-9-19(20)24)18(13-14-21(28)25-15-16-11-12-16)22(26-27)17-7-3-2-4-8-17/h2-10,16H,11-15H2,1H3,(H,25,28). The second-order valence-electron chi connectivity index (χ2n) is 7.40. The SMILES string of the molecule is Cn1nc(-c2ccccc2)c(CCC(=O)NCC2CC2)c1Oc1ccccc1F. The summed E-state index contributed by atoms with van der Waals surface area (Å²) in [6.45, 7) is 0.746. The van der Waals surface area contributed by atoms with Crippen molar-refractivity contribution in [2.75, 3.05) is 6.54 Å². The van der Waals surface area contributed by atoms with Gasteiger partial charge in [0.2, 0.25) is 11.8 Å². The van der Waals surface area contributed by atoms with Gasteiger partial charge in [-0.2, -0.15) is 5.10 Å². The Kier molecular flexibility index (Phi) is 5.60. The van der Waals surface area contributed by atoms with E-state index in [2.05, 4.69) is 10.4 Å². The lowest BCUT2D eigenvalue weighted by atomic mass is 10.0. The third-order valence-corrected chi connectivity index (χ3v) is 5.07. The first-order valence-corrected chi connectivity index (χ1v) is 9.92. The molecule has 0 atom stereocenters. The van der Waals surface area contributed by atoms with Gasteiger partial charge >= 0.3 is 0 Å². The van der Waals surface area contributed by atoms with Crippen molar-refractivity contribution >= 4 is 5.91 Å². The summed E-state index contributed by atoms with van der Waals surface area (Å²) in [5.74, 6) is 0.787. The van der Waals surface area contributed by atoms with Crippen molar-refractivity contribution in [3.05, 3.63) is 66.0 Å². The first-order chi connectivity index (χ1) is 14.1. The van der Waals surface area contributed by atoms with Crippen LogP contribution in [0.3, 0.4) is 0 Å². The lowest BCUT2D eigenvalue weighted by Crippen LogP contribution is -2.25. The Morgan fingerprint density at radius 3 is 2.62 bits per heavy atom. The fraction of sp³-hybridized carbons (Fsp3) is 0.304. The Morgan fingerprint density at radius 1 is 1.17 bits per heavy atom. The van der Waals surface area contributed by atoms with Crippen LogP contribution < -0.4 is 10.1 Å². The minimum absolute atomic E-state index is 0.0107. The molecule has 1 heterocycles. The highest BCUT2D eigenvalue weighted by molar-refractivity contribution is 5.77. The molecule has 0 unspecified atom stereocenters. The van der Waals surface area contributed by atoms with E-state index in [-0.39, 0.29) is 11.7 Å². The second-order valence-corrected chi connectivity index (χ2v) is 7.40. The molecule has 1 amide bonds. The molecule has 1 saturated carbocycles. The molecule has 1 N–H and O–H groups in total. The Hall–Kier alpha value is -3.15. The van der Waals surface area contributed by atoms with E-state index in [9.17, 15) is 9.18 Å². The number of nitrogens with zero attached hydrogens (tertiary/aromatic N) is 2. The normalized spacial score (nSPS) is 13.3. The predicted molar refractivity (Wildman–Crippen MR) is 109 cm³/mol. The largest absolute Gasteiger partial charge is 0.436 e. The molecule has 0 bridgehead atoms. The molecule has 29 heavy (non-hydrogen) atoms. The summed E-state index contributed by atoms with van der Waals surface area (Å²) < 4.78 is 21.7. The van der Waals surface area contributed by atoms with Gasteiger partial charge in [0, 0.05) is 31.1 Å². The number of carbonyl (C=O) groups excluding carboxylic acids is 1. The number of nitrogens with one attached hydrogen (secondary N) is 1. The van der Waals surface area contributed by atoms with E-state index >= 15 is 0 Å². The smallest absolute Gasteiger partial charge is 0.221 e. The molecule has 2 aromatic carbocycles. The van der Waals surface area contributed by atoms with E-state index < -0.39 is 5.82 Å². The molecule has 0 spiro atoms. The first-order valence-electron chi connectivity index (χ1n) is 9.92. The zero-order chi connectivity index (χ0) is 20.2. The van der Waals surface area contributed by atoms with Crippen LogP contribution in [0.15, 0.2) is 54.6 Å². The van der Waals surface area contributed by atoms with Crippen LogP contribution in [0, 0.1) is 11.7 Å². The number of aromatic nitrogens is 2. The molecule has 1 aliphatic carbocycles. The fourth-order valence-corrected chi connectivity index (χ4v) is 3.27. The molecule has 0 saturated heterocycles. The molecule has 6 heteroatoms. The van der Waals surface area contributed by atoms with Crippen LogP contribution in [-0.4, -0.2) is 22.2 Å². The number of para-hydroxylation sites is 1. The Labute approximate surface area is 169 Å². The topological polar surface area (TPSA) is 56.2 Å². The van der Waals surface area contributed by atoms with Crippen LogP contribution in [0.2, 0.25) is 0 Å². The number of ether oxygens (including phenoxy) is 1. The highest BCUT2D eigenvalue weighted by Gasteiger charge is 2.23. The summed E-state index contributed by atoms with van der Waals surface area (Å²) in [6.07, 6.45) is 3.17. The van der Waals surface area contributed by atoms with Crippen molar-refractivity contribution in [1.29, 1.82) is 0 Å². The minimum atomic E-state index is -0.442. The summed E-state index contributed by atoms with van der Waals surface area (Å²) in [4.78, 5) is 12.3. The number of hydrogen-bond acceptors (Lipinski definition) is 3. The zero-order valence-electron chi connectivity index (χ0n) is 16.4. The van der Waals surface area contributed by atoms with Gasteiger partial charge < -0.3 is 10.1 Å². The molecule has 1 aromatic heterocycles. The maximum atomic E-state index is 14.1. The van der Waals surface area contributed by atoms with E-state index in [1.807, 2.05) is 30.3 Å². The van der Waals surface area contributed by atoms with E-state index in [0.717, 1.165) is 23.4 Å². The van der Waals surface area contributed by atoms with Gasteiger partial charge in [-0.1, -0.05) is 42.5 Å². The predicted octanol–water partition coefficient (Wildman–Crippen LogP) is 4.48. The van der Waals surface area contributed by atoms with Gasteiger partial charge in [0.25, 0.3) is 0 Å². The summed E-state index contributed by atoms with van der Waals surface area (Å²) in [5.41, 5.74) is 2.47. The molecule has 0 aliphatic heterocycles. The van der Waals surface area contributed by atoms with Crippen molar-refractivity contribution in [2.45, 2.75) is 25.7 Å². The summed E-state index contributed by atoms with van der Waals surface area (Å²) >= 11 is 0. The summed E-state index contributed by atoms with van der Waals surface area (Å²) in [7, 11) is 1.76. The van der Waals surface area contributed by atoms with Gasteiger partial charge in [0.05, 0.1) is 5.69 Å². The molecular formula is C23H24FN3O2. The first kappa shape index (κ1) is 19.2. The van der Waals surface area contributed by atoms with Crippen LogP contribution in [0.25, 0.3) is 11.3 Å². The highest BCUT2D eigenvalue weighted by Crippen LogP contribution is 2.34. The number of amides is 1. The van der Waals surface area contributed by atoms with E-state index in [4.69, 9.17) is 4.74 Å². The summed E-state index contributed by atoms with van der Waals surface area (Å²) in [6, 6.07) is 16.0. The monoisotopic (exact) mass is 393 g/mol. The Bertz CT molecular complexity index is 997. The third kappa shape index (κ3) is 4.65. The van der Waals surface area contributed by atoms with Crippen LogP contribution in [0.5, 0.6) is 11.6 Å². The number of carbonyl (C=O) groups is 1. The van der Waals surface area contributed by atoms with Crippen LogP contribution in [0.4, 0.5) is 4.39 Å². The van der Waals surface area contributed by atoms with Crippen molar-refractivity contribution in [2.24, 2.45) is 13.0 Å². The molecule has 4 rings (SSSR count). The Balaban J connectivity index is 1.61. The minimum Gasteiger partial charge on any atom is -0.436 e. The van der Waals surface area contributed by atoms with Gasteiger partial charge in [-0.3, -0.25) is 4.79 Å². The quantitative estimate of drug-likeness (QED) is 0.614. The molecule has 5 nitrogen and oxygen atoms in total. The maximum Gasteiger partial charge on any atom is 0.221 e. The molecule has 3 aromatic rings. The van der Waals surface area contributed by atoms with Crippen LogP contribution in [0.1, 0.15) is 24.8 Å². The zero-order valence-corrected chi connectivity index (χ0v) is 16.4. The van der Waals surface area contributed by atoms with Crippen molar-refractivity contribution < 1.29 is 13.9 Å². The lowest BCUT2D eigenvalue weighted by molar-refractivity contribution is -0.121.